The third-order valence-corrected chi connectivity index (χ3v) is 5.24. The molecule has 0 saturated heterocycles. The van der Waals surface area contributed by atoms with Crippen LogP contribution >= 0.6 is 0 Å². The van der Waals surface area contributed by atoms with Crippen molar-refractivity contribution in [2.24, 2.45) is 0 Å². The first-order chi connectivity index (χ1) is 15.2. The van der Waals surface area contributed by atoms with Crippen LogP contribution in [0.5, 0.6) is 5.75 Å². The van der Waals surface area contributed by atoms with Crippen LogP contribution in [0.3, 0.4) is 0 Å². The SMILES string of the molecule is COc1ccc(N(C)c2nc(N[C@H](CO)Cc3ccccc3)nc3ccccc23)cc1. The first kappa shape index (κ1) is 20.6. The lowest BCUT2D eigenvalue weighted by atomic mass is 10.1. The zero-order valence-corrected chi connectivity index (χ0v) is 17.7. The van der Waals surface area contributed by atoms with E-state index in [0.717, 1.165) is 33.7 Å². The predicted octanol–water partition coefficient (Wildman–Crippen LogP) is 4.42. The zero-order valence-electron chi connectivity index (χ0n) is 17.7. The monoisotopic (exact) mass is 414 g/mol. The first-order valence-electron chi connectivity index (χ1n) is 10.2. The molecule has 0 aliphatic rings. The normalized spacial score (nSPS) is 11.8. The van der Waals surface area contributed by atoms with Crippen molar-refractivity contribution in [2.45, 2.75) is 12.5 Å². The predicted molar refractivity (Wildman–Crippen MR) is 125 cm³/mol. The maximum Gasteiger partial charge on any atom is 0.225 e. The fourth-order valence-corrected chi connectivity index (χ4v) is 3.55. The lowest BCUT2D eigenvalue weighted by Gasteiger charge is -2.22. The van der Waals surface area contributed by atoms with Crippen molar-refractivity contribution < 1.29 is 9.84 Å². The highest BCUT2D eigenvalue weighted by Crippen LogP contribution is 2.30. The molecular weight excluding hydrogens is 388 g/mol. The number of methoxy groups -OCH3 is 1. The van der Waals surface area contributed by atoms with Crippen molar-refractivity contribution in [3.63, 3.8) is 0 Å². The number of ether oxygens (including phenoxy) is 1. The van der Waals surface area contributed by atoms with E-state index in [2.05, 4.69) is 22.4 Å². The number of aliphatic hydroxyl groups is 1. The van der Waals surface area contributed by atoms with Crippen LogP contribution in [0, 0.1) is 0 Å². The maximum atomic E-state index is 9.93. The summed E-state index contributed by atoms with van der Waals surface area (Å²) in [4.78, 5) is 11.5. The van der Waals surface area contributed by atoms with Crippen LogP contribution in [-0.2, 0) is 6.42 Å². The second kappa shape index (κ2) is 9.45. The van der Waals surface area contributed by atoms with E-state index in [4.69, 9.17) is 9.72 Å². The number of aromatic nitrogens is 2. The van der Waals surface area contributed by atoms with Crippen molar-refractivity contribution in [1.82, 2.24) is 9.97 Å². The molecule has 31 heavy (non-hydrogen) atoms. The van der Waals surface area contributed by atoms with E-state index in [1.54, 1.807) is 7.11 Å². The van der Waals surface area contributed by atoms with Gasteiger partial charge in [-0.1, -0.05) is 42.5 Å². The Morgan fingerprint density at radius 1 is 0.935 bits per heavy atom. The number of aliphatic hydroxyl groups excluding tert-OH is 1. The third-order valence-electron chi connectivity index (χ3n) is 5.24. The molecule has 0 saturated carbocycles. The van der Waals surface area contributed by atoms with Gasteiger partial charge in [-0.15, -0.1) is 0 Å². The first-order valence-corrected chi connectivity index (χ1v) is 10.2. The molecule has 158 valence electrons. The number of hydrogen-bond donors (Lipinski definition) is 2. The van der Waals surface area contributed by atoms with E-state index in [0.29, 0.717) is 12.4 Å². The summed E-state index contributed by atoms with van der Waals surface area (Å²) in [5.41, 5.74) is 2.97. The highest BCUT2D eigenvalue weighted by Gasteiger charge is 2.16. The lowest BCUT2D eigenvalue weighted by Crippen LogP contribution is -2.28. The lowest BCUT2D eigenvalue weighted by molar-refractivity contribution is 0.273. The Morgan fingerprint density at radius 2 is 1.65 bits per heavy atom. The molecular formula is C25H26N4O2. The molecule has 0 radical (unpaired) electrons. The van der Waals surface area contributed by atoms with Crippen molar-refractivity contribution in [2.75, 3.05) is 31.0 Å². The van der Waals surface area contributed by atoms with Gasteiger partial charge in [0, 0.05) is 18.1 Å². The highest BCUT2D eigenvalue weighted by molar-refractivity contribution is 5.92. The Labute approximate surface area is 182 Å². The van der Waals surface area contributed by atoms with Gasteiger partial charge in [0.2, 0.25) is 5.95 Å². The fraction of sp³-hybridized carbons (Fsp3) is 0.200. The minimum absolute atomic E-state index is 0.0191. The molecule has 2 N–H and O–H groups in total. The van der Waals surface area contributed by atoms with E-state index >= 15 is 0 Å². The smallest absolute Gasteiger partial charge is 0.225 e. The van der Waals surface area contributed by atoms with Crippen molar-refractivity contribution in [1.29, 1.82) is 0 Å². The summed E-state index contributed by atoms with van der Waals surface area (Å²) in [6.45, 7) is -0.0191. The number of para-hydroxylation sites is 1. The van der Waals surface area contributed by atoms with Gasteiger partial charge < -0.3 is 20.1 Å². The topological polar surface area (TPSA) is 70.5 Å². The van der Waals surface area contributed by atoms with Crippen LogP contribution in [0.4, 0.5) is 17.5 Å². The second-order valence-corrected chi connectivity index (χ2v) is 7.36. The molecule has 1 aromatic heterocycles. The quantitative estimate of drug-likeness (QED) is 0.445. The van der Waals surface area contributed by atoms with E-state index < -0.39 is 0 Å². The van der Waals surface area contributed by atoms with Crippen LogP contribution in [0.2, 0.25) is 0 Å². The standard InChI is InChI=1S/C25H26N4O2/c1-29(20-12-14-21(31-2)15-13-20)24-22-10-6-7-11-23(22)27-25(28-24)26-19(17-30)16-18-8-4-3-5-9-18/h3-15,19,30H,16-17H2,1-2H3,(H,26,27,28)/t19-/m0/s1. The number of benzene rings is 3. The van der Waals surface area contributed by atoms with Gasteiger partial charge in [-0.2, -0.15) is 4.98 Å². The summed E-state index contributed by atoms with van der Waals surface area (Å²) >= 11 is 0. The van der Waals surface area contributed by atoms with Crippen molar-refractivity contribution >= 4 is 28.4 Å². The van der Waals surface area contributed by atoms with Crippen molar-refractivity contribution in [3.05, 3.63) is 84.4 Å². The Hall–Kier alpha value is -3.64. The molecule has 1 atom stereocenters. The summed E-state index contributed by atoms with van der Waals surface area (Å²) in [5, 5.41) is 14.2. The average Bonchev–Trinajstić information content (AvgIpc) is 2.83. The van der Waals surface area contributed by atoms with Gasteiger partial charge in [0.15, 0.2) is 0 Å². The van der Waals surface area contributed by atoms with E-state index in [-0.39, 0.29) is 12.6 Å². The van der Waals surface area contributed by atoms with Gasteiger partial charge >= 0.3 is 0 Å². The summed E-state index contributed by atoms with van der Waals surface area (Å²) < 4.78 is 5.27. The molecule has 3 aromatic carbocycles. The third kappa shape index (κ3) is 4.75. The van der Waals surface area contributed by atoms with Gasteiger partial charge in [-0.05, 0) is 48.4 Å². The number of anilines is 3. The highest BCUT2D eigenvalue weighted by atomic mass is 16.5. The Bertz CT molecular complexity index is 1130. The van der Waals surface area contributed by atoms with Crippen LogP contribution in [0.25, 0.3) is 10.9 Å². The summed E-state index contributed by atoms with van der Waals surface area (Å²) in [5.74, 6) is 2.08. The fourth-order valence-electron chi connectivity index (χ4n) is 3.55. The number of hydrogen-bond acceptors (Lipinski definition) is 6. The van der Waals surface area contributed by atoms with Crippen molar-refractivity contribution in [3.8, 4) is 5.75 Å². The Balaban J connectivity index is 1.66. The molecule has 0 aliphatic heterocycles. The number of nitrogens with one attached hydrogen (secondary N) is 1. The van der Waals surface area contributed by atoms with Gasteiger partial charge in [0.1, 0.15) is 11.6 Å². The molecule has 0 fully saturated rings. The molecule has 0 aliphatic carbocycles. The van der Waals surface area contributed by atoms with Gasteiger partial charge in [0.25, 0.3) is 0 Å². The molecule has 1 heterocycles. The molecule has 6 heteroatoms. The maximum absolute atomic E-state index is 9.93. The van der Waals surface area contributed by atoms with Gasteiger partial charge in [0.05, 0.1) is 25.3 Å². The largest absolute Gasteiger partial charge is 0.497 e. The Kier molecular flexibility index (Phi) is 6.29. The van der Waals surface area contributed by atoms with Crippen LogP contribution in [0.1, 0.15) is 5.56 Å². The molecule has 6 nitrogen and oxygen atoms in total. The van der Waals surface area contributed by atoms with Gasteiger partial charge in [-0.3, -0.25) is 0 Å². The molecule has 0 unspecified atom stereocenters. The molecule has 0 amide bonds. The van der Waals surface area contributed by atoms with E-state index in [1.165, 1.54) is 0 Å². The average molecular weight is 415 g/mol. The minimum Gasteiger partial charge on any atom is -0.497 e. The minimum atomic E-state index is -0.192. The number of rotatable bonds is 8. The van der Waals surface area contributed by atoms with E-state index in [9.17, 15) is 5.11 Å². The number of fused-ring (bicyclic) bond motifs is 1. The summed E-state index contributed by atoms with van der Waals surface area (Å²) in [6.07, 6.45) is 0.678. The summed E-state index contributed by atoms with van der Waals surface area (Å²) in [7, 11) is 3.63. The van der Waals surface area contributed by atoms with Crippen LogP contribution in [0.15, 0.2) is 78.9 Å². The van der Waals surface area contributed by atoms with E-state index in [1.807, 2.05) is 78.7 Å². The zero-order chi connectivity index (χ0) is 21.6. The van der Waals surface area contributed by atoms with Crippen LogP contribution < -0.4 is 15.0 Å². The molecule has 4 rings (SSSR count). The molecule has 0 spiro atoms. The van der Waals surface area contributed by atoms with Crippen LogP contribution in [-0.4, -0.2) is 41.9 Å². The van der Waals surface area contributed by atoms with Gasteiger partial charge in [-0.25, -0.2) is 4.98 Å². The number of nitrogens with zero attached hydrogens (tertiary/aromatic N) is 3. The molecule has 0 bridgehead atoms. The Morgan fingerprint density at radius 3 is 2.35 bits per heavy atom. The second-order valence-electron chi connectivity index (χ2n) is 7.36. The molecule has 4 aromatic rings. The summed E-state index contributed by atoms with van der Waals surface area (Å²) in [6, 6.07) is 25.7.